The van der Waals surface area contributed by atoms with Gasteiger partial charge in [0, 0.05) is 5.70 Å². The molecule has 0 spiro atoms. The van der Waals surface area contributed by atoms with E-state index in [-0.39, 0.29) is 33.6 Å². The molecular formula is C22H15Cl2FN4O2S. The zero-order valence-electron chi connectivity index (χ0n) is 16.6. The van der Waals surface area contributed by atoms with Gasteiger partial charge in [0.25, 0.3) is 5.91 Å². The van der Waals surface area contributed by atoms with Gasteiger partial charge >= 0.3 is 0 Å². The van der Waals surface area contributed by atoms with Crippen LogP contribution in [0.3, 0.4) is 0 Å². The largest absolute Gasteiger partial charge is 0.401 e. The molecule has 0 unspecified atom stereocenters. The Bertz CT molecular complexity index is 1250. The van der Waals surface area contributed by atoms with E-state index >= 15 is 0 Å². The predicted molar refractivity (Wildman–Crippen MR) is 126 cm³/mol. The topological polar surface area (TPSA) is 99.5 Å². The number of ketones is 1. The molecule has 0 atom stereocenters. The number of carbonyl (C=O) groups excluding carboxylic acids is 2. The Labute approximate surface area is 197 Å². The van der Waals surface area contributed by atoms with Crippen LogP contribution in [0.25, 0.3) is 6.08 Å². The van der Waals surface area contributed by atoms with Crippen molar-refractivity contribution in [3.8, 4) is 6.07 Å². The fourth-order valence-corrected chi connectivity index (χ4v) is 3.96. The van der Waals surface area contributed by atoms with Gasteiger partial charge in [-0.15, -0.1) is 0 Å². The zero-order valence-corrected chi connectivity index (χ0v) is 18.9. The smallest absolute Gasteiger partial charge is 0.283 e. The van der Waals surface area contributed by atoms with Gasteiger partial charge in [-0.3, -0.25) is 14.5 Å². The third kappa shape index (κ3) is 5.02. The Morgan fingerprint density at radius 3 is 2.62 bits per heavy atom. The molecule has 2 aromatic rings. The molecule has 0 aliphatic carbocycles. The predicted octanol–water partition coefficient (Wildman–Crippen LogP) is 4.93. The molecule has 0 aromatic heterocycles. The molecule has 0 bridgehead atoms. The van der Waals surface area contributed by atoms with Crippen LogP contribution in [0, 0.1) is 17.1 Å². The van der Waals surface area contributed by atoms with E-state index < -0.39 is 17.5 Å². The molecule has 1 heterocycles. The number of allylic oxidation sites excluding steroid dienone is 2. The fraction of sp³-hybridized carbons (Fsp3) is 0.0909. The second-order valence-electron chi connectivity index (χ2n) is 6.57. The van der Waals surface area contributed by atoms with Crippen molar-refractivity contribution in [2.75, 3.05) is 10.7 Å². The van der Waals surface area contributed by atoms with Gasteiger partial charge in [0.2, 0.25) is 0 Å². The first kappa shape index (κ1) is 23.5. The lowest BCUT2D eigenvalue weighted by Gasteiger charge is -2.18. The van der Waals surface area contributed by atoms with Crippen LogP contribution in [0.4, 0.5) is 10.1 Å². The summed E-state index contributed by atoms with van der Waals surface area (Å²) < 4.78 is 14.5. The van der Waals surface area contributed by atoms with Crippen LogP contribution in [-0.4, -0.2) is 22.6 Å². The second kappa shape index (κ2) is 10.0. The number of nitriles is 1. The van der Waals surface area contributed by atoms with Crippen molar-refractivity contribution < 1.29 is 14.0 Å². The normalized spacial score (nSPS) is 15.5. The highest BCUT2D eigenvalue weighted by Gasteiger charge is 2.34. The van der Waals surface area contributed by atoms with Crippen molar-refractivity contribution >= 4 is 63.6 Å². The average molecular weight is 489 g/mol. The molecule has 3 rings (SSSR count). The third-order valence-electron chi connectivity index (χ3n) is 4.29. The maximum Gasteiger partial charge on any atom is 0.283 e. The van der Waals surface area contributed by atoms with E-state index in [1.807, 2.05) is 0 Å². The summed E-state index contributed by atoms with van der Waals surface area (Å²) in [7, 11) is 0. The quantitative estimate of drug-likeness (QED) is 0.474. The molecule has 0 radical (unpaired) electrons. The van der Waals surface area contributed by atoms with Crippen LogP contribution in [-0.2, 0) is 9.59 Å². The molecule has 1 amide bonds. The standard InChI is InChI=1S/C22H15Cl2FN4O2S/c1-12(27)14(10-26)20(30)11-32-22-28-18(9-13-6-7-15(23)16(24)8-13)21(31)29(22)19-5-3-2-4-17(19)25/h2-9H,11,27H2,1H3/b14-12+,18-9-. The highest BCUT2D eigenvalue weighted by Crippen LogP contribution is 2.32. The average Bonchev–Trinajstić information content (AvgIpc) is 3.05. The summed E-state index contributed by atoms with van der Waals surface area (Å²) >= 11 is 12.9. The number of carbonyl (C=O) groups is 2. The van der Waals surface area contributed by atoms with E-state index in [1.165, 1.54) is 31.2 Å². The van der Waals surface area contributed by atoms with Crippen LogP contribution in [0.5, 0.6) is 0 Å². The molecule has 10 heteroatoms. The number of Topliss-reactive ketones (excluding diaryl/α,β-unsaturated/α-hetero) is 1. The van der Waals surface area contributed by atoms with Crippen molar-refractivity contribution in [2.24, 2.45) is 10.7 Å². The number of aliphatic imine (C=N–C) groups is 1. The Hall–Kier alpha value is -3.12. The first-order valence-electron chi connectivity index (χ1n) is 9.09. The van der Waals surface area contributed by atoms with Gasteiger partial charge in [-0.1, -0.05) is 53.2 Å². The van der Waals surface area contributed by atoms with Crippen molar-refractivity contribution in [1.82, 2.24) is 0 Å². The Balaban J connectivity index is 1.99. The molecule has 2 aromatic carbocycles. The van der Waals surface area contributed by atoms with Crippen LogP contribution < -0.4 is 10.6 Å². The van der Waals surface area contributed by atoms with Crippen LogP contribution in [0.15, 0.2) is 64.4 Å². The third-order valence-corrected chi connectivity index (χ3v) is 5.96. The lowest BCUT2D eigenvalue weighted by molar-refractivity contribution is -0.114. The number of halogens is 3. The van der Waals surface area contributed by atoms with E-state index in [9.17, 15) is 14.0 Å². The molecular weight excluding hydrogens is 474 g/mol. The highest BCUT2D eigenvalue weighted by molar-refractivity contribution is 8.14. The number of amidine groups is 1. The van der Waals surface area contributed by atoms with Crippen molar-refractivity contribution in [2.45, 2.75) is 6.92 Å². The summed E-state index contributed by atoms with van der Waals surface area (Å²) in [5.74, 6) is -1.95. The maximum absolute atomic E-state index is 14.5. The highest BCUT2D eigenvalue weighted by atomic mass is 35.5. The maximum atomic E-state index is 14.5. The van der Waals surface area contributed by atoms with Crippen molar-refractivity contribution in [3.63, 3.8) is 0 Å². The molecule has 0 saturated heterocycles. The zero-order chi connectivity index (χ0) is 23.4. The van der Waals surface area contributed by atoms with E-state index in [0.29, 0.717) is 15.6 Å². The van der Waals surface area contributed by atoms with Crippen LogP contribution in [0.1, 0.15) is 12.5 Å². The van der Waals surface area contributed by atoms with Crippen LogP contribution >= 0.6 is 35.0 Å². The van der Waals surface area contributed by atoms with Crippen LogP contribution in [0.2, 0.25) is 10.0 Å². The summed E-state index contributed by atoms with van der Waals surface area (Å²) in [6.07, 6.45) is 1.48. The number of nitrogens with two attached hydrogens (primary N) is 1. The summed E-state index contributed by atoms with van der Waals surface area (Å²) in [4.78, 5) is 30.9. The molecule has 0 saturated carbocycles. The van der Waals surface area contributed by atoms with Crippen molar-refractivity contribution in [3.05, 3.63) is 80.9 Å². The number of amides is 1. The SMILES string of the molecule is C/C(N)=C(/C#N)C(=O)CSC1=N/C(=C\c2ccc(Cl)c(Cl)c2)C(=O)N1c1ccccc1F. The first-order valence-corrected chi connectivity index (χ1v) is 10.8. The van der Waals surface area contributed by atoms with E-state index in [2.05, 4.69) is 4.99 Å². The van der Waals surface area contributed by atoms with E-state index in [0.717, 1.165) is 16.7 Å². The van der Waals surface area contributed by atoms with E-state index in [4.69, 9.17) is 34.2 Å². The molecule has 2 N–H and O–H groups in total. The summed E-state index contributed by atoms with van der Waals surface area (Å²) in [5.41, 5.74) is 6.07. The van der Waals surface area contributed by atoms with Gasteiger partial charge in [-0.05, 0) is 42.8 Å². The summed E-state index contributed by atoms with van der Waals surface area (Å²) in [6, 6.07) is 12.3. The Morgan fingerprint density at radius 2 is 2.00 bits per heavy atom. The lowest BCUT2D eigenvalue weighted by atomic mass is 10.2. The number of thioether (sulfide) groups is 1. The number of anilines is 1. The van der Waals surface area contributed by atoms with E-state index in [1.54, 1.807) is 30.3 Å². The Morgan fingerprint density at radius 1 is 1.28 bits per heavy atom. The number of hydrogen-bond acceptors (Lipinski definition) is 6. The monoisotopic (exact) mass is 488 g/mol. The molecule has 1 aliphatic heterocycles. The number of nitrogens with zero attached hydrogens (tertiary/aromatic N) is 3. The minimum absolute atomic E-state index is 0.0141. The van der Waals surface area contributed by atoms with Gasteiger partial charge in [0.15, 0.2) is 11.0 Å². The van der Waals surface area contributed by atoms with Gasteiger partial charge in [0.05, 0.1) is 21.5 Å². The Kier molecular flexibility index (Phi) is 7.36. The molecule has 32 heavy (non-hydrogen) atoms. The summed E-state index contributed by atoms with van der Waals surface area (Å²) in [5, 5.41) is 9.87. The summed E-state index contributed by atoms with van der Waals surface area (Å²) in [6.45, 7) is 1.45. The van der Waals surface area contributed by atoms with Gasteiger partial charge in [-0.25, -0.2) is 9.38 Å². The number of rotatable bonds is 5. The lowest BCUT2D eigenvalue weighted by Crippen LogP contribution is -2.31. The minimum atomic E-state index is -0.633. The number of para-hydroxylation sites is 1. The fourth-order valence-electron chi connectivity index (χ4n) is 2.77. The van der Waals surface area contributed by atoms with Gasteiger partial charge in [-0.2, -0.15) is 5.26 Å². The number of benzene rings is 2. The van der Waals surface area contributed by atoms with Crippen molar-refractivity contribution in [1.29, 1.82) is 5.26 Å². The number of hydrogen-bond donors (Lipinski definition) is 1. The van der Waals surface area contributed by atoms with Gasteiger partial charge < -0.3 is 5.73 Å². The van der Waals surface area contributed by atoms with Gasteiger partial charge in [0.1, 0.15) is 23.2 Å². The second-order valence-corrected chi connectivity index (χ2v) is 8.33. The first-order chi connectivity index (χ1) is 15.2. The molecule has 0 fully saturated rings. The minimum Gasteiger partial charge on any atom is -0.401 e. The molecule has 162 valence electrons. The molecule has 6 nitrogen and oxygen atoms in total. The molecule has 1 aliphatic rings.